The number of ether oxygens (including phenoxy) is 1. The van der Waals surface area contributed by atoms with Crippen molar-refractivity contribution < 1.29 is 4.74 Å². The average molecular weight is 188 g/mol. The van der Waals surface area contributed by atoms with Gasteiger partial charge >= 0.3 is 0 Å². The van der Waals surface area contributed by atoms with Gasteiger partial charge in [0.05, 0.1) is 12.7 Å². The molecule has 0 saturated carbocycles. The Balaban J connectivity index is 2.39. The first-order valence-corrected chi connectivity index (χ1v) is 5.18. The number of benzene rings is 1. The Hall–Kier alpha value is -1.08. The third-order valence-electron chi connectivity index (χ3n) is 2.92. The predicted molar refractivity (Wildman–Crippen MR) is 58.2 cm³/mol. The highest BCUT2D eigenvalue weighted by atomic mass is 16.5. The van der Waals surface area contributed by atoms with Gasteiger partial charge in [0, 0.05) is 5.92 Å². The zero-order valence-electron chi connectivity index (χ0n) is 8.57. The van der Waals surface area contributed by atoms with E-state index in [0.717, 1.165) is 13.0 Å². The molecule has 1 aliphatic rings. The molecule has 74 valence electrons. The molecule has 0 amide bonds. The first kappa shape index (κ1) is 9.47. The van der Waals surface area contributed by atoms with Gasteiger partial charge in [0.15, 0.2) is 0 Å². The average Bonchev–Trinajstić information content (AvgIpc) is 2.27. The lowest BCUT2D eigenvalue weighted by atomic mass is 9.86. The van der Waals surface area contributed by atoms with Crippen LogP contribution in [0.5, 0.6) is 0 Å². The smallest absolute Gasteiger partial charge is 0.0724 e. The molecular formula is C13H16O. The van der Waals surface area contributed by atoms with E-state index in [1.807, 2.05) is 6.08 Å². The first-order valence-electron chi connectivity index (χ1n) is 5.18. The highest BCUT2D eigenvalue weighted by molar-refractivity contribution is 5.35. The van der Waals surface area contributed by atoms with E-state index < -0.39 is 0 Å². The zero-order chi connectivity index (χ0) is 9.97. The van der Waals surface area contributed by atoms with Crippen molar-refractivity contribution in [1.29, 1.82) is 0 Å². The van der Waals surface area contributed by atoms with Crippen molar-refractivity contribution in [3.63, 3.8) is 0 Å². The minimum absolute atomic E-state index is 0.308. The van der Waals surface area contributed by atoms with Gasteiger partial charge < -0.3 is 4.74 Å². The standard InChI is InChI=1S/C13H16O/c1-3-11-12-8-6-5-7-10(12)9-14-13(11)4-2/h3,5-8,11,13H,1,4,9H2,2H3/t11-,13+/m1/s1. The molecule has 1 aromatic carbocycles. The molecule has 0 unspecified atom stereocenters. The van der Waals surface area contributed by atoms with Gasteiger partial charge in [-0.15, -0.1) is 6.58 Å². The van der Waals surface area contributed by atoms with Crippen LogP contribution in [0.15, 0.2) is 36.9 Å². The van der Waals surface area contributed by atoms with Gasteiger partial charge in [-0.3, -0.25) is 0 Å². The molecule has 0 fully saturated rings. The molecule has 1 heterocycles. The summed E-state index contributed by atoms with van der Waals surface area (Å²) < 4.78 is 5.79. The minimum Gasteiger partial charge on any atom is -0.373 e. The Morgan fingerprint density at radius 1 is 1.50 bits per heavy atom. The van der Waals surface area contributed by atoms with Crippen molar-refractivity contribution in [2.24, 2.45) is 0 Å². The van der Waals surface area contributed by atoms with E-state index in [1.54, 1.807) is 0 Å². The summed E-state index contributed by atoms with van der Waals surface area (Å²) in [5.74, 6) is 0.366. The topological polar surface area (TPSA) is 9.23 Å². The van der Waals surface area contributed by atoms with Crippen LogP contribution in [-0.2, 0) is 11.3 Å². The second-order valence-corrected chi connectivity index (χ2v) is 3.72. The van der Waals surface area contributed by atoms with Crippen molar-refractivity contribution >= 4 is 0 Å². The third-order valence-corrected chi connectivity index (χ3v) is 2.92. The third kappa shape index (κ3) is 1.48. The molecule has 0 N–H and O–H groups in total. The molecule has 2 rings (SSSR count). The Morgan fingerprint density at radius 2 is 2.29 bits per heavy atom. The highest BCUT2D eigenvalue weighted by Gasteiger charge is 2.26. The summed E-state index contributed by atoms with van der Waals surface area (Å²) in [6.07, 6.45) is 3.36. The van der Waals surface area contributed by atoms with Crippen LogP contribution in [0, 0.1) is 0 Å². The van der Waals surface area contributed by atoms with Gasteiger partial charge in [-0.2, -0.15) is 0 Å². The van der Waals surface area contributed by atoms with E-state index in [4.69, 9.17) is 4.74 Å². The summed E-state index contributed by atoms with van der Waals surface area (Å²) in [6.45, 7) is 6.81. The van der Waals surface area contributed by atoms with E-state index in [9.17, 15) is 0 Å². The van der Waals surface area contributed by atoms with E-state index >= 15 is 0 Å². The second-order valence-electron chi connectivity index (χ2n) is 3.72. The summed E-state index contributed by atoms with van der Waals surface area (Å²) in [5, 5.41) is 0. The Bertz CT molecular complexity index is 330. The van der Waals surface area contributed by atoms with E-state index in [2.05, 4.69) is 37.8 Å². The van der Waals surface area contributed by atoms with Crippen LogP contribution in [0.4, 0.5) is 0 Å². The summed E-state index contributed by atoms with van der Waals surface area (Å²) in [4.78, 5) is 0. The van der Waals surface area contributed by atoms with Gasteiger partial charge in [-0.05, 0) is 17.5 Å². The van der Waals surface area contributed by atoms with Crippen LogP contribution >= 0.6 is 0 Å². The van der Waals surface area contributed by atoms with Crippen molar-refractivity contribution in [2.75, 3.05) is 0 Å². The maximum atomic E-state index is 5.79. The molecule has 0 spiro atoms. The van der Waals surface area contributed by atoms with Crippen molar-refractivity contribution in [3.05, 3.63) is 48.0 Å². The summed E-state index contributed by atoms with van der Waals surface area (Å²) in [6, 6.07) is 8.48. The predicted octanol–water partition coefficient (Wildman–Crippen LogP) is 3.27. The normalized spacial score (nSPS) is 25.5. The summed E-state index contributed by atoms with van der Waals surface area (Å²) in [5.41, 5.74) is 2.70. The lowest BCUT2D eigenvalue weighted by Gasteiger charge is -2.31. The monoisotopic (exact) mass is 188 g/mol. The quantitative estimate of drug-likeness (QED) is 0.647. The van der Waals surface area contributed by atoms with Crippen LogP contribution < -0.4 is 0 Å². The molecular weight excluding hydrogens is 172 g/mol. The largest absolute Gasteiger partial charge is 0.373 e. The fourth-order valence-corrected chi connectivity index (χ4v) is 2.14. The van der Waals surface area contributed by atoms with E-state index in [-0.39, 0.29) is 0 Å². The second kappa shape index (κ2) is 3.97. The van der Waals surface area contributed by atoms with Crippen molar-refractivity contribution in [2.45, 2.75) is 32.0 Å². The number of rotatable bonds is 2. The van der Waals surface area contributed by atoms with Crippen LogP contribution in [0.25, 0.3) is 0 Å². The fraction of sp³-hybridized carbons (Fsp3) is 0.385. The molecule has 1 aliphatic heterocycles. The summed E-state index contributed by atoms with van der Waals surface area (Å²) >= 11 is 0. The van der Waals surface area contributed by atoms with Crippen LogP contribution in [0.1, 0.15) is 30.4 Å². The number of fused-ring (bicyclic) bond motifs is 1. The number of hydrogen-bond acceptors (Lipinski definition) is 1. The van der Waals surface area contributed by atoms with Gasteiger partial charge in [0.1, 0.15) is 0 Å². The molecule has 1 heteroatoms. The van der Waals surface area contributed by atoms with E-state index in [0.29, 0.717) is 12.0 Å². The molecule has 0 radical (unpaired) electrons. The lowest BCUT2D eigenvalue weighted by molar-refractivity contribution is 0.0158. The Kier molecular flexibility index (Phi) is 2.69. The first-order chi connectivity index (χ1) is 6.86. The summed E-state index contributed by atoms with van der Waals surface area (Å²) in [7, 11) is 0. The molecule has 1 nitrogen and oxygen atoms in total. The van der Waals surface area contributed by atoms with Gasteiger partial charge in [-0.25, -0.2) is 0 Å². The van der Waals surface area contributed by atoms with Crippen LogP contribution in [0.2, 0.25) is 0 Å². The Labute approximate surface area is 85.4 Å². The SMILES string of the molecule is C=C[C@@H]1c2ccccc2CO[C@H]1CC. The molecule has 0 aliphatic carbocycles. The maximum absolute atomic E-state index is 5.79. The van der Waals surface area contributed by atoms with Crippen LogP contribution in [0.3, 0.4) is 0 Å². The maximum Gasteiger partial charge on any atom is 0.0724 e. The van der Waals surface area contributed by atoms with Crippen LogP contribution in [-0.4, -0.2) is 6.10 Å². The fourth-order valence-electron chi connectivity index (χ4n) is 2.14. The number of hydrogen-bond donors (Lipinski definition) is 0. The van der Waals surface area contributed by atoms with Crippen molar-refractivity contribution in [1.82, 2.24) is 0 Å². The zero-order valence-corrected chi connectivity index (χ0v) is 8.57. The minimum atomic E-state index is 0.308. The van der Waals surface area contributed by atoms with Gasteiger partial charge in [-0.1, -0.05) is 37.3 Å². The lowest BCUT2D eigenvalue weighted by Crippen LogP contribution is -2.26. The van der Waals surface area contributed by atoms with Gasteiger partial charge in [0.25, 0.3) is 0 Å². The Morgan fingerprint density at radius 3 is 3.00 bits per heavy atom. The molecule has 0 bridgehead atoms. The molecule has 0 aromatic heterocycles. The molecule has 14 heavy (non-hydrogen) atoms. The molecule has 0 saturated heterocycles. The molecule has 2 atom stereocenters. The highest BCUT2D eigenvalue weighted by Crippen LogP contribution is 2.33. The van der Waals surface area contributed by atoms with Gasteiger partial charge in [0.2, 0.25) is 0 Å². The van der Waals surface area contributed by atoms with E-state index in [1.165, 1.54) is 11.1 Å². The van der Waals surface area contributed by atoms with Crippen molar-refractivity contribution in [3.8, 4) is 0 Å². The molecule has 1 aromatic rings.